The van der Waals surface area contributed by atoms with Gasteiger partial charge in [0.2, 0.25) is 6.71 Å². The van der Waals surface area contributed by atoms with E-state index in [-0.39, 0.29) is 6.71 Å². The van der Waals surface area contributed by atoms with E-state index in [2.05, 4.69) is 84.9 Å². The number of thiophene rings is 2. The minimum absolute atomic E-state index is 0.221. The van der Waals surface area contributed by atoms with Gasteiger partial charge in [-0.3, -0.25) is 0 Å². The van der Waals surface area contributed by atoms with Crippen LogP contribution in [-0.4, -0.2) is 6.71 Å². The highest BCUT2D eigenvalue weighted by Gasteiger charge is 2.52. The summed E-state index contributed by atoms with van der Waals surface area (Å²) in [5.41, 5.74) is 12.5. The molecule has 0 N–H and O–H groups in total. The molecule has 0 nitrogen and oxygen atoms in total. The van der Waals surface area contributed by atoms with E-state index in [0.717, 1.165) is 17.8 Å². The first kappa shape index (κ1) is 23.0. The number of benzene rings is 5. The van der Waals surface area contributed by atoms with Crippen LogP contribution in [0.4, 0.5) is 0 Å². The molecule has 0 radical (unpaired) electrons. The van der Waals surface area contributed by atoms with Crippen LogP contribution < -0.4 is 16.4 Å². The summed E-state index contributed by atoms with van der Waals surface area (Å²) in [7, 11) is 0. The summed E-state index contributed by atoms with van der Waals surface area (Å²) in [5.74, 6) is 2.81. The maximum absolute atomic E-state index is 2.74. The summed E-state index contributed by atoms with van der Waals surface area (Å²) in [4.78, 5) is 0. The maximum Gasteiger partial charge on any atom is 0.244 e. The van der Waals surface area contributed by atoms with E-state index in [1.54, 1.807) is 11.0 Å². The summed E-state index contributed by atoms with van der Waals surface area (Å²) >= 11 is 3.97. The van der Waals surface area contributed by atoms with Crippen molar-refractivity contribution in [3.05, 3.63) is 90.5 Å². The lowest BCUT2D eigenvalue weighted by molar-refractivity contribution is -0.00514. The van der Waals surface area contributed by atoms with Crippen molar-refractivity contribution in [2.24, 2.45) is 17.8 Å². The first-order valence-corrected chi connectivity index (χ1v) is 17.9. The molecule has 0 unspecified atom stereocenters. The highest BCUT2D eigenvalue weighted by atomic mass is 32.1. The van der Waals surface area contributed by atoms with E-state index in [1.807, 2.05) is 22.7 Å². The standard InChI is InChI=1S/C40H29BS2/c1-5-25-27-16-24(40-18-21-13-22(19-40)15-23(14-21)20-40)17-28-26-6-2-10-32-36(26)38-30(8-4-12-34(38)43-32)41(39(27)28)29-7-3-11-33-37(29)35(25)31(9-1)42-33/h1-12,16-17,21-23H,13-15,18-20H2. The minimum atomic E-state index is 0.221. The molecule has 2 aromatic heterocycles. The zero-order chi connectivity index (χ0) is 27.6. The molecule has 0 spiro atoms. The minimum Gasteiger partial charge on any atom is -0.135 e. The van der Waals surface area contributed by atoms with Crippen molar-refractivity contribution in [3.8, 4) is 22.3 Å². The Morgan fingerprint density at radius 2 is 0.953 bits per heavy atom. The van der Waals surface area contributed by atoms with E-state index >= 15 is 0 Å². The molecule has 4 heterocycles. The molecule has 43 heavy (non-hydrogen) atoms. The Kier molecular flexibility index (Phi) is 4.09. The Hall–Kier alpha value is -3.40. The molecule has 0 amide bonds. The van der Waals surface area contributed by atoms with Gasteiger partial charge in [0.05, 0.1) is 0 Å². The van der Waals surface area contributed by atoms with Gasteiger partial charge in [-0.05, 0) is 125 Å². The van der Waals surface area contributed by atoms with Crippen LogP contribution in [0.15, 0.2) is 84.9 Å². The van der Waals surface area contributed by atoms with Gasteiger partial charge in [-0.2, -0.15) is 0 Å². The maximum atomic E-state index is 2.74. The smallest absolute Gasteiger partial charge is 0.135 e. The lowest BCUT2D eigenvalue weighted by Gasteiger charge is -2.57. The predicted molar refractivity (Wildman–Crippen MR) is 188 cm³/mol. The van der Waals surface area contributed by atoms with Crippen molar-refractivity contribution in [1.82, 2.24) is 0 Å². The summed E-state index contributed by atoms with van der Waals surface area (Å²) in [6.45, 7) is 0.221. The van der Waals surface area contributed by atoms with Gasteiger partial charge in [0.15, 0.2) is 0 Å². The number of hydrogen-bond acceptors (Lipinski definition) is 2. The van der Waals surface area contributed by atoms with Crippen molar-refractivity contribution < 1.29 is 0 Å². The second-order valence-corrected chi connectivity index (χ2v) is 16.8. The van der Waals surface area contributed by atoms with Crippen molar-refractivity contribution >= 4 is 86.1 Å². The average Bonchev–Trinajstić information content (AvgIpc) is 3.52. The molecular weight excluding hydrogens is 555 g/mol. The van der Waals surface area contributed by atoms with Gasteiger partial charge < -0.3 is 0 Å². The summed E-state index contributed by atoms with van der Waals surface area (Å²) in [5, 5.41) is 5.98. The zero-order valence-corrected chi connectivity index (χ0v) is 25.6. The molecule has 4 fully saturated rings. The lowest BCUT2D eigenvalue weighted by Crippen LogP contribution is -2.53. The monoisotopic (exact) mass is 584 g/mol. The molecule has 6 aliphatic rings. The molecular formula is C40H29BS2. The second kappa shape index (κ2) is 7.63. The Morgan fingerprint density at radius 1 is 0.512 bits per heavy atom. The number of hydrogen-bond donors (Lipinski definition) is 0. The number of rotatable bonds is 1. The third-order valence-corrected chi connectivity index (χ3v) is 14.7. The first-order chi connectivity index (χ1) is 21.2. The van der Waals surface area contributed by atoms with Crippen molar-refractivity contribution in [3.63, 3.8) is 0 Å². The first-order valence-electron chi connectivity index (χ1n) is 16.3. The van der Waals surface area contributed by atoms with E-state index in [4.69, 9.17) is 0 Å². The van der Waals surface area contributed by atoms with Crippen LogP contribution in [0.1, 0.15) is 44.1 Å². The van der Waals surface area contributed by atoms with Crippen LogP contribution in [0.3, 0.4) is 0 Å². The van der Waals surface area contributed by atoms with E-state index in [1.165, 1.54) is 112 Å². The van der Waals surface area contributed by atoms with Crippen molar-refractivity contribution in [2.45, 2.75) is 43.9 Å². The van der Waals surface area contributed by atoms with E-state index < -0.39 is 0 Å². The highest BCUT2D eigenvalue weighted by molar-refractivity contribution is 7.27. The molecule has 13 rings (SSSR count). The fourth-order valence-electron chi connectivity index (χ4n) is 11.4. The molecule has 0 atom stereocenters. The van der Waals surface area contributed by atoms with Crippen LogP contribution in [0.2, 0.25) is 0 Å². The van der Waals surface area contributed by atoms with Gasteiger partial charge in [0.25, 0.3) is 0 Å². The molecule has 5 aromatic carbocycles. The fourth-order valence-corrected chi connectivity index (χ4v) is 13.7. The molecule has 204 valence electrons. The third kappa shape index (κ3) is 2.73. The predicted octanol–water partition coefficient (Wildman–Crippen LogP) is 9.37. The molecule has 2 aliphatic heterocycles. The van der Waals surface area contributed by atoms with Crippen LogP contribution in [0, 0.1) is 17.8 Å². The fraction of sp³-hybridized carbons (Fsp3) is 0.250. The molecule has 4 bridgehead atoms. The van der Waals surface area contributed by atoms with Gasteiger partial charge in [-0.1, -0.05) is 77.1 Å². The van der Waals surface area contributed by atoms with Crippen LogP contribution in [0.5, 0.6) is 0 Å². The number of fused-ring (bicyclic) bond motifs is 4. The van der Waals surface area contributed by atoms with Gasteiger partial charge in [0, 0.05) is 29.6 Å². The third-order valence-electron chi connectivity index (χ3n) is 12.4. The van der Waals surface area contributed by atoms with Gasteiger partial charge >= 0.3 is 0 Å². The van der Waals surface area contributed by atoms with Crippen LogP contribution >= 0.6 is 22.7 Å². The Bertz CT molecular complexity index is 2230. The van der Waals surface area contributed by atoms with E-state index in [9.17, 15) is 0 Å². The Morgan fingerprint density at radius 3 is 1.44 bits per heavy atom. The molecule has 4 aliphatic carbocycles. The Balaban J connectivity index is 1.30. The largest absolute Gasteiger partial charge is 0.244 e. The van der Waals surface area contributed by atoms with Gasteiger partial charge in [0.1, 0.15) is 0 Å². The van der Waals surface area contributed by atoms with Crippen molar-refractivity contribution in [1.29, 1.82) is 0 Å². The summed E-state index contributed by atoms with van der Waals surface area (Å²) in [6.07, 6.45) is 8.68. The second-order valence-electron chi connectivity index (χ2n) is 14.6. The van der Waals surface area contributed by atoms with Gasteiger partial charge in [-0.25, -0.2) is 0 Å². The summed E-state index contributed by atoms with van der Waals surface area (Å²) in [6, 6.07) is 34.0. The van der Waals surface area contributed by atoms with Crippen LogP contribution in [0.25, 0.3) is 62.6 Å². The molecule has 0 saturated heterocycles. The Labute approximate surface area is 259 Å². The quantitative estimate of drug-likeness (QED) is 0.169. The normalized spacial score (nSPS) is 25.9. The van der Waals surface area contributed by atoms with Crippen molar-refractivity contribution in [2.75, 3.05) is 0 Å². The summed E-state index contributed by atoms with van der Waals surface area (Å²) < 4.78 is 5.73. The zero-order valence-electron chi connectivity index (χ0n) is 24.0. The lowest BCUT2D eigenvalue weighted by atomic mass is 9.35. The van der Waals surface area contributed by atoms with E-state index in [0.29, 0.717) is 5.41 Å². The topological polar surface area (TPSA) is 0 Å². The molecule has 3 heteroatoms. The van der Waals surface area contributed by atoms with Crippen LogP contribution in [-0.2, 0) is 5.41 Å². The molecule has 4 saturated carbocycles. The highest BCUT2D eigenvalue weighted by Crippen LogP contribution is 2.61. The average molecular weight is 585 g/mol. The SMILES string of the molecule is c1cc2c3c(c1)sc1cccc(c13)-c1cc(C34CC5CC(CC(C5)C3)C4)cc3c1B2c1cccc2sc4cccc-3c4c12. The van der Waals surface area contributed by atoms with Gasteiger partial charge in [-0.15, -0.1) is 22.7 Å². The molecule has 7 aromatic rings.